The fourth-order valence-corrected chi connectivity index (χ4v) is 5.51. The van der Waals surface area contributed by atoms with Crippen LogP contribution in [0.2, 0.25) is 5.02 Å². The van der Waals surface area contributed by atoms with Gasteiger partial charge in [-0.25, -0.2) is 0 Å². The van der Waals surface area contributed by atoms with Crippen LogP contribution in [0.3, 0.4) is 0 Å². The number of halogens is 1. The van der Waals surface area contributed by atoms with Crippen LogP contribution in [-0.4, -0.2) is 61.9 Å². The van der Waals surface area contributed by atoms with Crippen molar-refractivity contribution in [1.82, 2.24) is 4.90 Å². The molecule has 0 aliphatic carbocycles. The molecule has 0 spiro atoms. The maximum absolute atomic E-state index is 13.0. The Bertz CT molecular complexity index is 1460. The minimum Gasteiger partial charge on any atom is -0.493 e. The average molecular weight is 594 g/mol. The summed E-state index contributed by atoms with van der Waals surface area (Å²) >= 11 is 7.26. The highest BCUT2D eigenvalue weighted by molar-refractivity contribution is 8.18. The van der Waals surface area contributed by atoms with Crippen molar-refractivity contribution in [3.05, 3.63) is 87.8 Å². The second-order valence-corrected chi connectivity index (χ2v) is 10.7. The zero-order valence-corrected chi connectivity index (χ0v) is 23.9. The van der Waals surface area contributed by atoms with Crippen LogP contribution in [0.1, 0.15) is 11.1 Å². The van der Waals surface area contributed by atoms with E-state index in [9.17, 15) is 14.4 Å². The molecule has 2 fully saturated rings. The summed E-state index contributed by atoms with van der Waals surface area (Å²) < 4.78 is 16.7. The van der Waals surface area contributed by atoms with Gasteiger partial charge in [0.2, 0.25) is 5.91 Å². The first-order valence-corrected chi connectivity index (χ1v) is 14.1. The van der Waals surface area contributed by atoms with Crippen molar-refractivity contribution in [3.63, 3.8) is 0 Å². The number of benzene rings is 3. The number of carbonyl (C=O) groups is 3. The van der Waals surface area contributed by atoms with Gasteiger partial charge in [-0.2, -0.15) is 0 Å². The van der Waals surface area contributed by atoms with E-state index in [1.54, 1.807) is 30.3 Å². The number of ether oxygens (including phenoxy) is 3. The van der Waals surface area contributed by atoms with Crippen molar-refractivity contribution in [2.45, 2.75) is 6.61 Å². The number of amides is 3. The molecule has 0 aromatic heterocycles. The Hall–Kier alpha value is -3.99. The highest BCUT2D eigenvalue weighted by Crippen LogP contribution is 2.39. The van der Waals surface area contributed by atoms with Gasteiger partial charge in [0.05, 0.1) is 30.3 Å². The van der Waals surface area contributed by atoms with Gasteiger partial charge < -0.3 is 24.4 Å². The molecule has 1 N–H and O–H groups in total. The predicted octanol–water partition coefficient (Wildman–Crippen LogP) is 5.44. The summed E-state index contributed by atoms with van der Waals surface area (Å²) in [6, 6.07) is 20.4. The van der Waals surface area contributed by atoms with Gasteiger partial charge in [0.1, 0.15) is 13.2 Å². The van der Waals surface area contributed by atoms with E-state index in [4.69, 9.17) is 25.8 Å². The number of nitrogens with one attached hydrogen (secondary N) is 1. The van der Waals surface area contributed by atoms with E-state index < -0.39 is 23.6 Å². The highest BCUT2D eigenvalue weighted by atomic mass is 35.5. The third kappa shape index (κ3) is 7.02. The molecule has 0 saturated carbocycles. The largest absolute Gasteiger partial charge is 0.493 e. The lowest BCUT2D eigenvalue weighted by Gasteiger charge is -2.28. The van der Waals surface area contributed by atoms with Gasteiger partial charge in [-0.3, -0.25) is 19.3 Å². The molecule has 3 amide bonds. The standard InChI is InChI=1S/C30H28ClN3O6S/c1-38-25-16-21(15-24(31)28(25)40-19-20-5-3-2-4-6-20)17-26-29(36)34(30(37)41-26)18-27(35)32-22-7-9-23(10-8-22)33-11-13-39-14-12-33/h2-10,15-17H,11-14,18-19H2,1H3,(H,32,35)/b26-17-. The Morgan fingerprint density at radius 2 is 1.80 bits per heavy atom. The van der Waals surface area contributed by atoms with Crippen molar-refractivity contribution >= 4 is 57.9 Å². The number of hydrogen-bond donors (Lipinski definition) is 1. The topological polar surface area (TPSA) is 97.4 Å². The van der Waals surface area contributed by atoms with Crippen LogP contribution < -0.4 is 19.7 Å². The van der Waals surface area contributed by atoms with Crippen LogP contribution in [0.4, 0.5) is 16.2 Å². The van der Waals surface area contributed by atoms with Crippen LogP contribution in [-0.2, 0) is 20.9 Å². The van der Waals surface area contributed by atoms with Gasteiger partial charge in [0, 0.05) is 24.5 Å². The Balaban J connectivity index is 1.22. The first-order chi connectivity index (χ1) is 19.9. The van der Waals surface area contributed by atoms with Crippen molar-refractivity contribution in [2.24, 2.45) is 0 Å². The molecule has 2 aliphatic heterocycles. The summed E-state index contributed by atoms with van der Waals surface area (Å²) in [4.78, 5) is 41.6. The molecule has 2 heterocycles. The zero-order valence-electron chi connectivity index (χ0n) is 22.3. The lowest BCUT2D eigenvalue weighted by molar-refractivity contribution is -0.127. The molecular formula is C30H28ClN3O6S. The summed E-state index contributed by atoms with van der Waals surface area (Å²) in [5, 5.41) is 2.52. The lowest BCUT2D eigenvalue weighted by atomic mass is 10.1. The van der Waals surface area contributed by atoms with E-state index in [1.807, 2.05) is 42.5 Å². The number of anilines is 2. The molecule has 0 unspecified atom stereocenters. The Morgan fingerprint density at radius 1 is 1.07 bits per heavy atom. The number of imide groups is 1. The van der Waals surface area contributed by atoms with E-state index in [0.717, 1.165) is 41.0 Å². The van der Waals surface area contributed by atoms with Crippen LogP contribution in [0, 0.1) is 0 Å². The predicted molar refractivity (Wildman–Crippen MR) is 160 cm³/mol. The molecule has 11 heteroatoms. The number of thioether (sulfide) groups is 1. The fraction of sp³-hybridized carbons (Fsp3) is 0.233. The minimum atomic E-state index is -0.558. The van der Waals surface area contributed by atoms with Crippen LogP contribution in [0.15, 0.2) is 71.6 Å². The third-order valence-corrected chi connectivity index (χ3v) is 7.67. The van der Waals surface area contributed by atoms with E-state index in [0.29, 0.717) is 47.6 Å². The van der Waals surface area contributed by atoms with E-state index in [-0.39, 0.29) is 4.91 Å². The highest BCUT2D eigenvalue weighted by Gasteiger charge is 2.36. The number of methoxy groups -OCH3 is 1. The molecule has 3 aromatic carbocycles. The quantitative estimate of drug-likeness (QED) is 0.328. The van der Waals surface area contributed by atoms with Gasteiger partial charge in [-0.15, -0.1) is 0 Å². The summed E-state index contributed by atoms with van der Waals surface area (Å²) in [5.41, 5.74) is 3.13. The van der Waals surface area contributed by atoms with Crippen LogP contribution in [0.25, 0.3) is 6.08 Å². The summed E-state index contributed by atoms with van der Waals surface area (Å²) in [6.07, 6.45) is 1.54. The molecular weight excluding hydrogens is 566 g/mol. The maximum Gasteiger partial charge on any atom is 0.294 e. The minimum absolute atomic E-state index is 0.175. The van der Waals surface area contributed by atoms with E-state index in [2.05, 4.69) is 10.2 Å². The first kappa shape index (κ1) is 28.5. The Labute approximate surface area is 247 Å². The van der Waals surface area contributed by atoms with E-state index >= 15 is 0 Å². The SMILES string of the molecule is COc1cc(/C=C2\SC(=O)N(CC(=O)Nc3ccc(N4CCOCC4)cc3)C2=O)cc(Cl)c1OCc1ccccc1. The molecule has 0 atom stereocenters. The Kier molecular flexibility index (Phi) is 9.13. The average Bonchev–Trinajstić information content (AvgIpc) is 3.24. The maximum atomic E-state index is 13.0. The molecule has 2 saturated heterocycles. The number of nitrogens with zero attached hydrogens (tertiary/aromatic N) is 2. The lowest BCUT2D eigenvalue weighted by Crippen LogP contribution is -2.36. The van der Waals surface area contributed by atoms with Crippen LogP contribution >= 0.6 is 23.4 Å². The van der Waals surface area contributed by atoms with Gasteiger partial charge >= 0.3 is 0 Å². The second-order valence-electron chi connectivity index (χ2n) is 9.27. The number of rotatable bonds is 9. The van der Waals surface area contributed by atoms with Crippen molar-refractivity contribution in [2.75, 3.05) is 50.2 Å². The van der Waals surface area contributed by atoms with Crippen molar-refractivity contribution in [3.8, 4) is 11.5 Å². The molecule has 0 radical (unpaired) electrons. The number of morpholine rings is 1. The fourth-order valence-electron chi connectivity index (χ4n) is 4.40. The summed E-state index contributed by atoms with van der Waals surface area (Å²) in [6.45, 7) is 2.88. The zero-order chi connectivity index (χ0) is 28.8. The van der Waals surface area contributed by atoms with Gasteiger partial charge in [0.15, 0.2) is 11.5 Å². The molecule has 9 nitrogen and oxygen atoms in total. The molecule has 212 valence electrons. The van der Waals surface area contributed by atoms with Crippen molar-refractivity contribution < 1.29 is 28.6 Å². The molecule has 2 aliphatic rings. The first-order valence-electron chi connectivity index (χ1n) is 12.9. The van der Waals surface area contributed by atoms with Crippen LogP contribution in [0.5, 0.6) is 11.5 Å². The van der Waals surface area contributed by atoms with Crippen molar-refractivity contribution in [1.29, 1.82) is 0 Å². The molecule has 41 heavy (non-hydrogen) atoms. The Morgan fingerprint density at radius 3 is 2.51 bits per heavy atom. The smallest absolute Gasteiger partial charge is 0.294 e. The number of carbonyl (C=O) groups excluding carboxylic acids is 3. The molecule has 5 rings (SSSR count). The summed E-state index contributed by atoms with van der Waals surface area (Å²) in [5.74, 6) is -0.273. The monoisotopic (exact) mass is 593 g/mol. The van der Waals surface area contributed by atoms with Gasteiger partial charge in [-0.05, 0) is 65.4 Å². The summed E-state index contributed by atoms with van der Waals surface area (Å²) in [7, 11) is 1.49. The number of hydrogen-bond acceptors (Lipinski definition) is 8. The molecule has 3 aromatic rings. The normalized spacial score (nSPS) is 16.3. The second kappa shape index (κ2) is 13.1. The van der Waals surface area contributed by atoms with E-state index in [1.165, 1.54) is 7.11 Å². The van der Waals surface area contributed by atoms with Gasteiger partial charge in [0.25, 0.3) is 11.1 Å². The molecule has 0 bridgehead atoms. The van der Waals surface area contributed by atoms with Gasteiger partial charge in [-0.1, -0.05) is 41.9 Å². The third-order valence-electron chi connectivity index (χ3n) is 6.48.